The van der Waals surface area contributed by atoms with E-state index in [2.05, 4.69) is 36.4 Å². The maximum absolute atomic E-state index is 12.3. The molecule has 0 aliphatic carbocycles. The Kier molecular flexibility index (Phi) is 5.60. The molecule has 1 aromatic heterocycles. The van der Waals surface area contributed by atoms with Gasteiger partial charge in [0.05, 0.1) is 5.02 Å². The number of nitrogens with one attached hydrogen (secondary N) is 2. The third kappa shape index (κ3) is 3.60. The molecule has 5 heteroatoms. The molecule has 0 spiro atoms. The van der Waals surface area contributed by atoms with Crippen LogP contribution in [0.2, 0.25) is 5.02 Å². The highest BCUT2D eigenvalue weighted by atomic mass is 35.5. The molecular weight excluding hydrogens is 262 g/mol. The van der Waals surface area contributed by atoms with E-state index < -0.39 is 0 Å². The molecule has 1 amide bonds. The van der Waals surface area contributed by atoms with Gasteiger partial charge in [0.25, 0.3) is 5.91 Å². The Balaban J connectivity index is 3.00. The second-order valence-electron chi connectivity index (χ2n) is 4.57. The number of nitrogens with zero attached hydrogens (tertiary/aromatic N) is 1. The fourth-order valence-corrected chi connectivity index (χ4v) is 2.25. The number of carbonyl (C=O) groups is 1. The zero-order valence-corrected chi connectivity index (χ0v) is 12.8. The molecule has 0 aromatic carbocycles. The van der Waals surface area contributed by atoms with Crippen molar-refractivity contribution in [2.75, 3.05) is 12.4 Å². The first-order valence-electron chi connectivity index (χ1n) is 6.68. The molecule has 2 N–H and O–H groups in total. The second kappa shape index (κ2) is 6.75. The number of halogens is 1. The number of carbonyl (C=O) groups excluding carboxylic acids is 1. The van der Waals surface area contributed by atoms with Gasteiger partial charge in [-0.15, -0.1) is 0 Å². The molecule has 0 aliphatic heterocycles. The van der Waals surface area contributed by atoms with Crippen LogP contribution in [0.25, 0.3) is 0 Å². The minimum absolute atomic E-state index is 0.183. The van der Waals surface area contributed by atoms with Crippen LogP contribution in [0.15, 0.2) is 12.1 Å². The van der Waals surface area contributed by atoms with Crippen molar-refractivity contribution >= 4 is 23.3 Å². The van der Waals surface area contributed by atoms with Gasteiger partial charge in [-0.2, -0.15) is 0 Å². The number of hydrogen-bond acceptors (Lipinski definition) is 3. The lowest BCUT2D eigenvalue weighted by atomic mass is 9.89. The smallest absolute Gasteiger partial charge is 0.271 e. The Morgan fingerprint density at radius 2 is 1.84 bits per heavy atom. The Morgan fingerprint density at radius 3 is 2.32 bits per heavy atom. The highest BCUT2D eigenvalue weighted by Gasteiger charge is 2.27. The third-order valence-electron chi connectivity index (χ3n) is 3.73. The van der Waals surface area contributed by atoms with E-state index in [1.807, 2.05) is 0 Å². The van der Waals surface area contributed by atoms with Crippen LogP contribution in [0.4, 0.5) is 5.82 Å². The van der Waals surface area contributed by atoms with Crippen LogP contribution in [0.3, 0.4) is 0 Å². The highest BCUT2D eigenvalue weighted by Crippen LogP contribution is 2.22. The van der Waals surface area contributed by atoms with E-state index in [-0.39, 0.29) is 17.1 Å². The summed E-state index contributed by atoms with van der Waals surface area (Å²) in [7, 11) is 1.76. The van der Waals surface area contributed by atoms with Crippen molar-refractivity contribution in [3.05, 3.63) is 22.8 Å². The van der Waals surface area contributed by atoms with Crippen molar-refractivity contribution in [1.29, 1.82) is 0 Å². The lowest BCUT2D eigenvalue weighted by Crippen LogP contribution is -2.47. The normalized spacial score (nSPS) is 11.2. The van der Waals surface area contributed by atoms with Crippen molar-refractivity contribution in [3.8, 4) is 0 Å². The average molecular weight is 284 g/mol. The molecule has 0 radical (unpaired) electrons. The maximum Gasteiger partial charge on any atom is 0.271 e. The van der Waals surface area contributed by atoms with Crippen LogP contribution in [-0.2, 0) is 0 Å². The van der Waals surface area contributed by atoms with Crippen LogP contribution in [0.1, 0.15) is 50.5 Å². The van der Waals surface area contributed by atoms with Crippen LogP contribution in [-0.4, -0.2) is 23.5 Å². The predicted octanol–water partition coefficient (Wildman–Crippen LogP) is 3.48. The molecule has 4 nitrogen and oxygen atoms in total. The summed E-state index contributed by atoms with van der Waals surface area (Å²) in [6, 6.07) is 3.42. The fraction of sp³-hybridized carbons (Fsp3) is 0.571. The number of hydrogen-bond donors (Lipinski definition) is 2. The minimum atomic E-state index is -0.215. The lowest BCUT2D eigenvalue weighted by molar-refractivity contribution is 0.0883. The number of anilines is 1. The maximum atomic E-state index is 12.3. The van der Waals surface area contributed by atoms with Crippen LogP contribution >= 0.6 is 11.6 Å². The van der Waals surface area contributed by atoms with Gasteiger partial charge in [0, 0.05) is 12.6 Å². The van der Waals surface area contributed by atoms with Gasteiger partial charge >= 0.3 is 0 Å². The quantitative estimate of drug-likeness (QED) is 0.840. The van der Waals surface area contributed by atoms with Crippen molar-refractivity contribution in [3.63, 3.8) is 0 Å². The average Bonchev–Trinajstić information content (AvgIpc) is 2.45. The van der Waals surface area contributed by atoms with Crippen LogP contribution in [0.5, 0.6) is 0 Å². The highest BCUT2D eigenvalue weighted by molar-refractivity contribution is 6.33. The lowest BCUT2D eigenvalue weighted by Gasteiger charge is -2.31. The van der Waals surface area contributed by atoms with Gasteiger partial charge in [0.1, 0.15) is 11.5 Å². The van der Waals surface area contributed by atoms with Gasteiger partial charge in [-0.25, -0.2) is 4.98 Å². The zero-order chi connectivity index (χ0) is 14.5. The van der Waals surface area contributed by atoms with Gasteiger partial charge in [0.2, 0.25) is 0 Å². The molecule has 19 heavy (non-hydrogen) atoms. The van der Waals surface area contributed by atoms with E-state index >= 15 is 0 Å². The fourth-order valence-electron chi connectivity index (χ4n) is 2.06. The summed E-state index contributed by atoms with van der Waals surface area (Å²) in [6.45, 7) is 6.23. The molecule has 1 rings (SSSR count). The molecule has 0 saturated heterocycles. The Labute approximate surface area is 120 Å². The molecule has 0 fully saturated rings. The van der Waals surface area contributed by atoms with Crippen molar-refractivity contribution < 1.29 is 4.79 Å². The molecule has 0 atom stereocenters. The Bertz CT molecular complexity index is 436. The summed E-state index contributed by atoms with van der Waals surface area (Å²) in [5, 5.41) is 6.35. The molecule has 0 saturated carbocycles. The van der Waals surface area contributed by atoms with E-state index in [1.54, 1.807) is 19.2 Å². The standard InChI is InChI=1S/C14H22ClN3O/c1-5-14(6-2,7-3)18-13(19)12-10(15)8-9-11(16-4)17-12/h8-9H,5-7H2,1-4H3,(H,16,17)(H,18,19). The van der Waals surface area contributed by atoms with Crippen molar-refractivity contribution in [2.45, 2.75) is 45.6 Å². The van der Waals surface area contributed by atoms with Gasteiger partial charge in [0.15, 0.2) is 0 Å². The van der Waals surface area contributed by atoms with Gasteiger partial charge in [-0.05, 0) is 31.4 Å². The summed E-state index contributed by atoms with van der Waals surface area (Å²) < 4.78 is 0. The van der Waals surface area contributed by atoms with Crippen molar-refractivity contribution in [2.24, 2.45) is 0 Å². The molecule has 1 aromatic rings. The molecule has 106 valence electrons. The molecule has 0 unspecified atom stereocenters. The zero-order valence-electron chi connectivity index (χ0n) is 12.0. The summed E-state index contributed by atoms with van der Waals surface area (Å²) in [5.74, 6) is 0.414. The number of aromatic nitrogens is 1. The molecule has 1 heterocycles. The largest absolute Gasteiger partial charge is 0.373 e. The van der Waals surface area contributed by atoms with E-state index in [1.165, 1.54) is 0 Å². The number of rotatable bonds is 6. The third-order valence-corrected chi connectivity index (χ3v) is 4.03. The summed E-state index contributed by atoms with van der Waals surface area (Å²) in [5.41, 5.74) is 0.0887. The molecule has 0 bridgehead atoms. The number of amides is 1. The first-order chi connectivity index (χ1) is 9.01. The van der Waals surface area contributed by atoms with E-state index in [4.69, 9.17) is 11.6 Å². The van der Waals surface area contributed by atoms with Crippen LogP contribution < -0.4 is 10.6 Å². The van der Waals surface area contributed by atoms with Gasteiger partial charge < -0.3 is 10.6 Å². The summed E-state index contributed by atoms with van der Waals surface area (Å²) >= 11 is 6.06. The second-order valence-corrected chi connectivity index (χ2v) is 4.98. The molecule has 0 aliphatic rings. The number of pyridine rings is 1. The van der Waals surface area contributed by atoms with Gasteiger partial charge in [-0.1, -0.05) is 32.4 Å². The Hall–Kier alpha value is -1.29. The minimum Gasteiger partial charge on any atom is -0.373 e. The monoisotopic (exact) mass is 283 g/mol. The SMILES string of the molecule is CCC(CC)(CC)NC(=O)c1nc(NC)ccc1Cl. The topological polar surface area (TPSA) is 54.0 Å². The van der Waals surface area contributed by atoms with E-state index in [0.717, 1.165) is 19.3 Å². The van der Waals surface area contributed by atoms with E-state index in [9.17, 15) is 4.79 Å². The molecular formula is C14H22ClN3O. The first kappa shape index (κ1) is 15.8. The predicted molar refractivity (Wildman–Crippen MR) is 79.9 cm³/mol. The Morgan fingerprint density at radius 1 is 1.26 bits per heavy atom. The van der Waals surface area contributed by atoms with Gasteiger partial charge in [-0.3, -0.25) is 4.79 Å². The first-order valence-corrected chi connectivity index (χ1v) is 7.06. The van der Waals surface area contributed by atoms with E-state index in [0.29, 0.717) is 10.8 Å². The summed E-state index contributed by atoms with van der Waals surface area (Å²) in [4.78, 5) is 16.6. The van der Waals surface area contributed by atoms with Crippen LogP contribution in [0, 0.1) is 0 Å². The summed E-state index contributed by atoms with van der Waals surface area (Å²) in [6.07, 6.45) is 2.65. The van der Waals surface area contributed by atoms with Crippen molar-refractivity contribution in [1.82, 2.24) is 10.3 Å².